The Labute approximate surface area is 125 Å². The first kappa shape index (κ1) is 17.4. The number of halogens is 2. The first-order chi connectivity index (χ1) is 9.88. The molecule has 1 atom stereocenters. The van der Waals surface area contributed by atoms with Gasteiger partial charge in [-0.05, 0) is 30.5 Å². The molecule has 0 aromatic heterocycles. The number of benzene rings is 1. The molecule has 0 saturated carbocycles. The Hall–Kier alpha value is -1.63. The molecule has 1 aromatic carbocycles. The molecule has 0 aliphatic carbocycles. The minimum Gasteiger partial charge on any atom is -0.481 e. The fraction of sp³-hybridized carbons (Fsp3) is 0.429. The molecule has 0 saturated heterocycles. The van der Waals surface area contributed by atoms with Crippen LogP contribution in [0.25, 0.3) is 0 Å². The van der Waals surface area contributed by atoms with Crippen molar-refractivity contribution >= 4 is 23.6 Å². The predicted molar refractivity (Wildman–Crippen MR) is 76.1 cm³/mol. The van der Waals surface area contributed by atoms with Gasteiger partial charge < -0.3 is 10.4 Å². The number of nitrogens with one attached hydrogen (secondary N) is 1. The Morgan fingerprint density at radius 3 is 2.67 bits per heavy atom. The highest BCUT2D eigenvalue weighted by atomic mass is 32.2. The number of carboxylic acid groups (broad SMARTS) is 1. The van der Waals surface area contributed by atoms with E-state index in [1.165, 1.54) is 6.07 Å². The van der Waals surface area contributed by atoms with Gasteiger partial charge in [-0.3, -0.25) is 9.59 Å². The van der Waals surface area contributed by atoms with Crippen molar-refractivity contribution in [1.82, 2.24) is 5.32 Å². The summed E-state index contributed by atoms with van der Waals surface area (Å²) in [6.07, 6.45) is 0.562. The second kappa shape index (κ2) is 8.61. The average molecular weight is 317 g/mol. The lowest BCUT2D eigenvalue weighted by Crippen LogP contribution is -2.29. The summed E-state index contributed by atoms with van der Waals surface area (Å²) >= 11 is 1.11. The SMILES string of the molecule is CC(CCC(=O)O)CNC(=O)CSc1ccc(F)c(F)c1. The minimum atomic E-state index is -0.942. The van der Waals surface area contributed by atoms with E-state index in [0.29, 0.717) is 17.9 Å². The monoisotopic (exact) mass is 317 g/mol. The first-order valence-corrected chi connectivity index (χ1v) is 7.43. The summed E-state index contributed by atoms with van der Waals surface area (Å²) in [6.45, 7) is 2.25. The van der Waals surface area contributed by atoms with Gasteiger partial charge in [-0.2, -0.15) is 0 Å². The van der Waals surface area contributed by atoms with Crippen molar-refractivity contribution < 1.29 is 23.5 Å². The molecule has 1 rings (SSSR count). The zero-order chi connectivity index (χ0) is 15.8. The number of rotatable bonds is 8. The molecule has 7 heteroatoms. The Kier molecular flexibility index (Phi) is 7.14. The Bertz CT molecular complexity index is 511. The first-order valence-electron chi connectivity index (χ1n) is 6.45. The average Bonchev–Trinajstić information content (AvgIpc) is 2.44. The van der Waals surface area contributed by atoms with Crippen LogP contribution in [0.3, 0.4) is 0 Å². The zero-order valence-electron chi connectivity index (χ0n) is 11.6. The van der Waals surface area contributed by atoms with Gasteiger partial charge in [0.05, 0.1) is 5.75 Å². The number of hydrogen-bond donors (Lipinski definition) is 2. The van der Waals surface area contributed by atoms with Gasteiger partial charge in [0.25, 0.3) is 0 Å². The third-order valence-electron chi connectivity index (χ3n) is 2.76. The third kappa shape index (κ3) is 7.08. The highest BCUT2D eigenvalue weighted by Crippen LogP contribution is 2.20. The Morgan fingerprint density at radius 1 is 1.33 bits per heavy atom. The van der Waals surface area contributed by atoms with Crippen LogP contribution in [-0.4, -0.2) is 29.3 Å². The number of hydrogen-bond acceptors (Lipinski definition) is 3. The molecule has 1 amide bonds. The molecule has 1 unspecified atom stereocenters. The van der Waals surface area contributed by atoms with Crippen molar-refractivity contribution in [3.63, 3.8) is 0 Å². The minimum absolute atomic E-state index is 0.0679. The smallest absolute Gasteiger partial charge is 0.303 e. The van der Waals surface area contributed by atoms with Gasteiger partial charge in [0.15, 0.2) is 11.6 Å². The highest BCUT2D eigenvalue weighted by Gasteiger charge is 2.09. The number of thioether (sulfide) groups is 1. The molecule has 0 heterocycles. The normalized spacial score (nSPS) is 12.0. The van der Waals surface area contributed by atoms with E-state index in [-0.39, 0.29) is 24.0 Å². The van der Waals surface area contributed by atoms with Crippen molar-refractivity contribution in [2.45, 2.75) is 24.7 Å². The molecule has 0 aliphatic rings. The van der Waals surface area contributed by atoms with Gasteiger partial charge in [0.1, 0.15) is 0 Å². The predicted octanol–water partition coefficient (Wildman–Crippen LogP) is 2.67. The molecule has 0 aliphatic heterocycles. The molecule has 4 nitrogen and oxygen atoms in total. The maximum atomic E-state index is 13.0. The molecule has 2 N–H and O–H groups in total. The summed E-state index contributed by atoms with van der Waals surface area (Å²) in [7, 11) is 0. The fourth-order valence-corrected chi connectivity index (χ4v) is 2.28. The van der Waals surface area contributed by atoms with Crippen molar-refractivity contribution in [1.29, 1.82) is 0 Å². The summed E-state index contributed by atoms with van der Waals surface area (Å²) in [5.74, 6) is -2.79. The van der Waals surface area contributed by atoms with Crippen LogP contribution in [0.2, 0.25) is 0 Å². The lowest BCUT2D eigenvalue weighted by molar-refractivity contribution is -0.137. The summed E-state index contributed by atoms with van der Waals surface area (Å²) in [5, 5.41) is 11.2. The van der Waals surface area contributed by atoms with Crippen LogP contribution in [0, 0.1) is 17.6 Å². The largest absolute Gasteiger partial charge is 0.481 e. The quantitative estimate of drug-likeness (QED) is 0.724. The summed E-state index contributed by atoms with van der Waals surface area (Å²) in [6, 6.07) is 3.47. The van der Waals surface area contributed by atoms with E-state index in [4.69, 9.17) is 5.11 Å². The van der Waals surface area contributed by atoms with Gasteiger partial charge in [-0.1, -0.05) is 6.92 Å². The zero-order valence-corrected chi connectivity index (χ0v) is 12.4. The van der Waals surface area contributed by atoms with E-state index >= 15 is 0 Å². The second-order valence-corrected chi connectivity index (χ2v) is 5.76. The second-order valence-electron chi connectivity index (χ2n) is 4.71. The maximum absolute atomic E-state index is 13.0. The molecule has 0 spiro atoms. The van der Waals surface area contributed by atoms with Crippen molar-refractivity contribution in [2.24, 2.45) is 5.92 Å². The van der Waals surface area contributed by atoms with Crippen LogP contribution in [-0.2, 0) is 9.59 Å². The summed E-state index contributed by atoms with van der Waals surface area (Å²) in [5.41, 5.74) is 0. The third-order valence-corrected chi connectivity index (χ3v) is 3.75. The van der Waals surface area contributed by atoms with Gasteiger partial charge >= 0.3 is 5.97 Å². The van der Waals surface area contributed by atoms with Gasteiger partial charge in [0, 0.05) is 17.9 Å². The van der Waals surface area contributed by atoms with Crippen molar-refractivity contribution in [3.05, 3.63) is 29.8 Å². The Morgan fingerprint density at radius 2 is 2.05 bits per heavy atom. The molecule has 116 valence electrons. The van der Waals surface area contributed by atoms with Crippen LogP contribution in [0.1, 0.15) is 19.8 Å². The van der Waals surface area contributed by atoms with Crippen LogP contribution in [0.5, 0.6) is 0 Å². The molecular weight excluding hydrogens is 300 g/mol. The molecular formula is C14H17F2NO3S. The summed E-state index contributed by atoms with van der Waals surface area (Å²) < 4.78 is 25.7. The van der Waals surface area contributed by atoms with Gasteiger partial charge in [0.2, 0.25) is 5.91 Å². The van der Waals surface area contributed by atoms with Gasteiger partial charge in [-0.15, -0.1) is 11.8 Å². The molecule has 0 radical (unpaired) electrons. The van der Waals surface area contributed by atoms with Crippen LogP contribution < -0.4 is 5.32 Å². The highest BCUT2D eigenvalue weighted by molar-refractivity contribution is 8.00. The van der Waals surface area contributed by atoms with E-state index in [9.17, 15) is 18.4 Å². The number of carbonyl (C=O) groups excluding carboxylic acids is 1. The number of amides is 1. The van der Waals surface area contributed by atoms with Crippen molar-refractivity contribution in [2.75, 3.05) is 12.3 Å². The lowest BCUT2D eigenvalue weighted by Gasteiger charge is -2.11. The van der Waals surface area contributed by atoms with E-state index < -0.39 is 17.6 Å². The van der Waals surface area contributed by atoms with E-state index in [1.54, 1.807) is 0 Å². The maximum Gasteiger partial charge on any atom is 0.303 e. The van der Waals surface area contributed by atoms with Crippen LogP contribution in [0.4, 0.5) is 8.78 Å². The number of carboxylic acids is 1. The van der Waals surface area contributed by atoms with Crippen LogP contribution in [0.15, 0.2) is 23.1 Å². The molecule has 0 fully saturated rings. The lowest BCUT2D eigenvalue weighted by atomic mass is 10.1. The van der Waals surface area contributed by atoms with E-state index in [1.807, 2.05) is 6.92 Å². The fourth-order valence-electron chi connectivity index (χ4n) is 1.53. The van der Waals surface area contributed by atoms with E-state index in [0.717, 1.165) is 23.9 Å². The van der Waals surface area contributed by atoms with Crippen molar-refractivity contribution in [3.8, 4) is 0 Å². The van der Waals surface area contributed by atoms with Gasteiger partial charge in [-0.25, -0.2) is 8.78 Å². The Balaban J connectivity index is 2.27. The standard InChI is InChI=1S/C14H17F2NO3S/c1-9(2-5-14(19)20)7-17-13(18)8-21-10-3-4-11(15)12(16)6-10/h3-4,6,9H,2,5,7-8H2,1H3,(H,17,18)(H,19,20). The number of carbonyl (C=O) groups is 2. The molecule has 1 aromatic rings. The van der Waals surface area contributed by atoms with Crippen LogP contribution >= 0.6 is 11.8 Å². The molecule has 21 heavy (non-hydrogen) atoms. The topological polar surface area (TPSA) is 66.4 Å². The van der Waals surface area contributed by atoms with E-state index in [2.05, 4.69) is 5.32 Å². The summed E-state index contributed by atoms with van der Waals surface area (Å²) in [4.78, 5) is 22.5. The number of aliphatic carboxylic acids is 1. The molecule has 0 bridgehead atoms.